The quantitative estimate of drug-likeness (QED) is 0.267. The first kappa shape index (κ1) is 28.3. The number of nitriles is 1. The predicted octanol–water partition coefficient (Wildman–Crippen LogP) is 5.54. The van der Waals surface area contributed by atoms with Crippen LogP contribution >= 0.6 is 22.9 Å². The fourth-order valence-corrected chi connectivity index (χ4v) is 7.83. The normalized spacial score (nSPS) is 25.4. The highest BCUT2D eigenvalue weighted by Crippen LogP contribution is 2.46. The summed E-state index contributed by atoms with van der Waals surface area (Å²) in [6, 6.07) is 5.63. The molecule has 0 aliphatic carbocycles. The number of hydrogen-bond acceptors (Lipinski definition) is 9. The lowest BCUT2D eigenvalue weighted by Gasteiger charge is -2.30. The standard InChI is InChI=1S/C29H25ClF4N6O2S/c30-17-6-15-24(23(34)22(17)14-2-3-18(32)25-21(14)16(8-35)26(36)43-25)38-28(39-27(15)42-20-10-37-9-19(20)33)41-12-29-4-1-5-40(29)11-13(31)7-29/h2-3,6,13,19-20,37H,1,4-5,7,9-12,36H2/t13-,19-,20-,29+/m1/s1. The van der Waals surface area contributed by atoms with Gasteiger partial charge in [-0.25, -0.2) is 17.6 Å². The summed E-state index contributed by atoms with van der Waals surface area (Å²) in [7, 11) is 0. The molecule has 8 nitrogen and oxygen atoms in total. The van der Waals surface area contributed by atoms with E-state index in [0.29, 0.717) is 13.0 Å². The van der Waals surface area contributed by atoms with Crippen molar-refractivity contribution in [3.63, 3.8) is 0 Å². The van der Waals surface area contributed by atoms with Gasteiger partial charge >= 0.3 is 6.01 Å². The molecule has 3 aliphatic heterocycles. The Morgan fingerprint density at radius 2 is 2.09 bits per heavy atom. The first-order chi connectivity index (χ1) is 20.7. The Balaban J connectivity index is 1.37. The number of nitrogens with zero attached hydrogens (tertiary/aromatic N) is 4. The lowest BCUT2D eigenvalue weighted by atomic mass is 9.95. The van der Waals surface area contributed by atoms with Crippen LogP contribution in [0.4, 0.5) is 22.6 Å². The smallest absolute Gasteiger partial charge is 0.320 e. The number of aromatic nitrogens is 2. The molecular formula is C29H25ClF4N6O2S. The van der Waals surface area contributed by atoms with E-state index in [-0.39, 0.29) is 79.3 Å². The monoisotopic (exact) mass is 632 g/mol. The summed E-state index contributed by atoms with van der Waals surface area (Å²) in [5, 5.41) is 12.9. The Kier molecular flexibility index (Phi) is 7.00. The van der Waals surface area contributed by atoms with Gasteiger partial charge < -0.3 is 20.5 Å². The zero-order valence-corrected chi connectivity index (χ0v) is 24.2. The maximum absolute atomic E-state index is 16.6. The second kappa shape index (κ2) is 10.6. The largest absolute Gasteiger partial charge is 0.469 e. The molecule has 43 heavy (non-hydrogen) atoms. The molecule has 4 aromatic rings. The first-order valence-electron chi connectivity index (χ1n) is 13.8. The molecule has 0 amide bonds. The molecule has 7 rings (SSSR count). The maximum atomic E-state index is 16.6. The van der Waals surface area contributed by atoms with Crippen LogP contribution in [0.15, 0.2) is 18.2 Å². The third-order valence-electron chi connectivity index (χ3n) is 8.61. The molecule has 0 saturated carbocycles. The van der Waals surface area contributed by atoms with E-state index in [1.54, 1.807) is 0 Å². The molecule has 0 unspecified atom stereocenters. The van der Waals surface area contributed by atoms with Crippen molar-refractivity contribution in [2.24, 2.45) is 0 Å². The molecule has 0 bridgehead atoms. The van der Waals surface area contributed by atoms with Crippen molar-refractivity contribution < 1.29 is 27.0 Å². The fraction of sp³-hybridized carbons (Fsp3) is 0.414. The molecule has 3 N–H and O–H groups in total. The van der Waals surface area contributed by atoms with Crippen LogP contribution in [-0.2, 0) is 0 Å². The zero-order chi connectivity index (χ0) is 30.0. The maximum Gasteiger partial charge on any atom is 0.320 e. The minimum Gasteiger partial charge on any atom is -0.469 e. The first-order valence-corrected chi connectivity index (χ1v) is 15.0. The van der Waals surface area contributed by atoms with Crippen molar-refractivity contribution in [3.8, 4) is 29.1 Å². The summed E-state index contributed by atoms with van der Waals surface area (Å²) >= 11 is 7.53. The summed E-state index contributed by atoms with van der Waals surface area (Å²) < 4.78 is 72.2. The van der Waals surface area contributed by atoms with Crippen molar-refractivity contribution in [1.29, 1.82) is 5.26 Å². The molecule has 3 fully saturated rings. The van der Waals surface area contributed by atoms with Gasteiger partial charge in [-0.2, -0.15) is 15.2 Å². The lowest BCUT2D eigenvalue weighted by Crippen LogP contribution is -2.43. The van der Waals surface area contributed by atoms with Crippen LogP contribution in [0.5, 0.6) is 11.9 Å². The van der Waals surface area contributed by atoms with Crippen LogP contribution in [0.3, 0.4) is 0 Å². The Morgan fingerprint density at radius 1 is 1.26 bits per heavy atom. The van der Waals surface area contributed by atoms with Crippen molar-refractivity contribution in [2.75, 3.05) is 38.5 Å². The number of thiophene rings is 1. The molecule has 224 valence electrons. The van der Waals surface area contributed by atoms with Crippen LogP contribution in [0.1, 0.15) is 24.8 Å². The number of hydrogen-bond donors (Lipinski definition) is 2. The number of nitrogen functional groups attached to an aromatic ring is 1. The van der Waals surface area contributed by atoms with E-state index < -0.39 is 35.6 Å². The second-order valence-electron chi connectivity index (χ2n) is 11.2. The van der Waals surface area contributed by atoms with Gasteiger partial charge in [-0.1, -0.05) is 17.7 Å². The highest BCUT2D eigenvalue weighted by Gasteiger charge is 2.49. The predicted molar refractivity (Wildman–Crippen MR) is 155 cm³/mol. The zero-order valence-electron chi connectivity index (χ0n) is 22.6. The van der Waals surface area contributed by atoms with Crippen LogP contribution in [0.25, 0.3) is 32.1 Å². The molecule has 3 saturated heterocycles. The lowest BCUT2D eigenvalue weighted by molar-refractivity contribution is 0.104. The van der Waals surface area contributed by atoms with Gasteiger partial charge in [0.25, 0.3) is 0 Å². The number of benzene rings is 2. The fourth-order valence-electron chi connectivity index (χ4n) is 6.59. The molecule has 2 aromatic carbocycles. The van der Waals surface area contributed by atoms with E-state index in [2.05, 4.69) is 20.2 Å². The molecule has 14 heteroatoms. The molecule has 2 aromatic heterocycles. The van der Waals surface area contributed by atoms with E-state index in [4.69, 9.17) is 26.8 Å². The van der Waals surface area contributed by atoms with Gasteiger partial charge in [0.15, 0.2) is 12.0 Å². The summed E-state index contributed by atoms with van der Waals surface area (Å²) in [5.41, 5.74) is 5.27. The number of fused-ring (bicyclic) bond motifs is 3. The minimum absolute atomic E-state index is 0.00613. The third-order valence-corrected chi connectivity index (χ3v) is 9.93. The number of rotatable bonds is 6. The average molecular weight is 633 g/mol. The number of ether oxygens (including phenoxy) is 2. The summed E-state index contributed by atoms with van der Waals surface area (Å²) in [6.45, 7) is 1.45. The molecule has 3 aliphatic rings. The topological polar surface area (TPSA) is 109 Å². The van der Waals surface area contributed by atoms with Crippen molar-refractivity contribution in [2.45, 2.75) is 43.2 Å². The van der Waals surface area contributed by atoms with Gasteiger partial charge in [0, 0.05) is 37.0 Å². The van der Waals surface area contributed by atoms with Crippen LogP contribution < -0.4 is 20.5 Å². The SMILES string of the molecule is N#Cc1c(N)sc2c(F)ccc(-c3c(Cl)cc4c(O[C@@H]5CNC[C@H]5F)nc(OC[C@@]56CCCN5C[C@H](F)C6)nc4c3F)c12. The highest BCUT2D eigenvalue weighted by molar-refractivity contribution is 7.23. The van der Waals surface area contributed by atoms with Gasteiger partial charge in [0.1, 0.15) is 41.3 Å². The van der Waals surface area contributed by atoms with Gasteiger partial charge in [0.2, 0.25) is 5.88 Å². The minimum atomic E-state index is -1.33. The Bertz CT molecular complexity index is 1820. The number of nitrogens with one attached hydrogen (secondary N) is 1. The molecule has 0 spiro atoms. The number of alkyl halides is 2. The Morgan fingerprint density at radius 3 is 2.86 bits per heavy atom. The summed E-state index contributed by atoms with van der Waals surface area (Å²) in [4.78, 5) is 10.8. The van der Waals surface area contributed by atoms with Crippen molar-refractivity contribution in [1.82, 2.24) is 20.2 Å². The summed E-state index contributed by atoms with van der Waals surface area (Å²) in [6.07, 6.45) is -1.27. The van der Waals surface area contributed by atoms with E-state index >= 15 is 4.39 Å². The number of halogens is 5. The molecule has 4 atom stereocenters. The average Bonchev–Trinajstić information content (AvgIpc) is 3.72. The molecule has 5 heterocycles. The highest BCUT2D eigenvalue weighted by atomic mass is 35.5. The van der Waals surface area contributed by atoms with E-state index in [0.717, 1.165) is 36.8 Å². The van der Waals surface area contributed by atoms with Crippen LogP contribution in [-0.4, -0.2) is 71.6 Å². The summed E-state index contributed by atoms with van der Waals surface area (Å²) in [5.74, 6) is -1.63. The Hall–Kier alpha value is -3.44. The van der Waals surface area contributed by atoms with Crippen LogP contribution in [0, 0.1) is 23.0 Å². The number of nitrogens with two attached hydrogens (primary N) is 1. The van der Waals surface area contributed by atoms with Gasteiger partial charge in [-0.15, -0.1) is 11.3 Å². The van der Waals surface area contributed by atoms with Gasteiger partial charge in [0.05, 0.1) is 26.2 Å². The molecule has 0 radical (unpaired) electrons. The molecular weight excluding hydrogens is 608 g/mol. The van der Waals surface area contributed by atoms with Crippen LogP contribution in [0.2, 0.25) is 5.02 Å². The van der Waals surface area contributed by atoms with Gasteiger partial charge in [-0.05, 0) is 37.1 Å². The van der Waals surface area contributed by atoms with E-state index in [9.17, 15) is 18.4 Å². The van der Waals surface area contributed by atoms with Crippen molar-refractivity contribution >= 4 is 48.9 Å². The van der Waals surface area contributed by atoms with Crippen molar-refractivity contribution in [3.05, 3.63) is 40.4 Å². The third kappa shape index (κ3) is 4.63. The number of anilines is 1. The van der Waals surface area contributed by atoms with Gasteiger partial charge in [-0.3, -0.25) is 4.90 Å². The second-order valence-corrected chi connectivity index (χ2v) is 12.7. The van der Waals surface area contributed by atoms with E-state index in [1.165, 1.54) is 12.1 Å². The van der Waals surface area contributed by atoms with E-state index in [1.807, 2.05) is 6.07 Å². The Labute approximate surface area is 252 Å².